The third-order valence-corrected chi connectivity index (χ3v) is 5.81. The Morgan fingerprint density at radius 1 is 1.09 bits per heavy atom. The van der Waals surface area contributed by atoms with Gasteiger partial charge in [0, 0.05) is 41.9 Å². The van der Waals surface area contributed by atoms with Gasteiger partial charge in [0.1, 0.15) is 0 Å². The molecule has 1 amide bonds. The Bertz CT molecular complexity index is 1360. The minimum Gasteiger partial charge on any atom is -0.368 e. The van der Waals surface area contributed by atoms with Crippen LogP contribution in [0, 0.1) is 5.41 Å². The molecule has 0 aliphatic heterocycles. The van der Waals surface area contributed by atoms with Crippen molar-refractivity contribution in [3.63, 3.8) is 0 Å². The first-order chi connectivity index (χ1) is 16.8. The zero-order chi connectivity index (χ0) is 24.8. The predicted octanol–water partition coefficient (Wildman–Crippen LogP) is 4.20. The van der Waals surface area contributed by atoms with Crippen molar-refractivity contribution in [2.75, 3.05) is 18.4 Å². The molecule has 0 atom stereocenters. The van der Waals surface area contributed by atoms with E-state index in [0.717, 1.165) is 10.9 Å². The zero-order valence-corrected chi connectivity index (χ0v) is 20.4. The molecule has 3 N–H and O–H groups in total. The number of carbonyl (C=O) groups excluding carboxylic acids is 1. The van der Waals surface area contributed by atoms with Crippen LogP contribution in [0.15, 0.2) is 57.8 Å². The maximum absolute atomic E-state index is 12.4. The highest BCUT2D eigenvalue weighted by atomic mass is 35.5. The van der Waals surface area contributed by atoms with Crippen molar-refractivity contribution in [1.82, 2.24) is 25.7 Å². The third kappa shape index (κ3) is 6.45. The smallest absolute Gasteiger partial charge is 0.272 e. The molecule has 0 saturated carbocycles. The summed E-state index contributed by atoms with van der Waals surface area (Å²) >= 11 is 5.91. The fourth-order valence-electron chi connectivity index (χ4n) is 3.53. The summed E-state index contributed by atoms with van der Waals surface area (Å²) in [6.45, 7) is 5.14. The number of hydrogen-bond acceptors (Lipinski definition) is 7. The highest BCUT2D eigenvalue weighted by Crippen LogP contribution is 2.21. The van der Waals surface area contributed by atoms with Crippen LogP contribution in [0.1, 0.15) is 32.6 Å². The first-order valence-corrected chi connectivity index (χ1v) is 11.7. The van der Waals surface area contributed by atoms with Crippen molar-refractivity contribution in [2.24, 2.45) is 5.41 Å². The largest absolute Gasteiger partial charge is 0.368 e. The van der Waals surface area contributed by atoms with Crippen molar-refractivity contribution in [2.45, 2.75) is 33.1 Å². The molecule has 35 heavy (non-hydrogen) atoms. The Balaban J connectivity index is 1.22. The molecule has 182 valence electrons. The molecule has 2 heterocycles. The Kier molecular flexibility index (Phi) is 7.45. The maximum atomic E-state index is 12.4. The van der Waals surface area contributed by atoms with Crippen LogP contribution in [0.4, 0.5) is 5.82 Å². The van der Waals surface area contributed by atoms with E-state index < -0.39 is 0 Å². The van der Waals surface area contributed by atoms with E-state index in [0.29, 0.717) is 60.3 Å². The van der Waals surface area contributed by atoms with Crippen LogP contribution in [-0.4, -0.2) is 39.3 Å². The number of nitrogens with zero attached hydrogens (tertiary/aromatic N) is 3. The highest BCUT2D eigenvalue weighted by Gasteiger charge is 2.20. The lowest BCUT2D eigenvalue weighted by molar-refractivity contribution is -0.121. The van der Waals surface area contributed by atoms with E-state index in [1.54, 1.807) is 18.2 Å². The molecule has 2 aromatic heterocycles. The molecule has 0 bridgehead atoms. The van der Waals surface area contributed by atoms with Crippen LogP contribution >= 0.6 is 11.6 Å². The second kappa shape index (κ2) is 10.7. The number of rotatable bonds is 10. The highest BCUT2D eigenvalue weighted by molar-refractivity contribution is 6.30. The molecule has 0 unspecified atom stereocenters. The van der Waals surface area contributed by atoms with Crippen molar-refractivity contribution in [1.29, 1.82) is 0 Å². The molecule has 0 spiro atoms. The van der Waals surface area contributed by atoms with Gasteiger partial charge in [-0.3, -0.25) is 9.59 Å². The number of halogens is 1. The number of aryl methyl sites for hydroxylation is 1. The summed E-state index contributed by atoms with van der Waals surface area (Å²) in [6, 6.07) is 14.5. The molecule has 9 nitrogen and oxygen atoms in total. The number of hydrogen-bond donors (Lipinski definition) is 3. The molecule has 0 aliphatic rings. The first-order valence-electron chi connectivity index (χ1n) is 11.4. The minimum absolute atomic E-state index is 0.0388. The quantitative estimate of drug-likeness (QED) is 0.301. The van der Waals surface area contributed by atoms with Gasteiger partial charge in [0.25, 0.3) is 5.56 Å². The fourth-order valence-corrected chi connectivity index (χ4v) is 3.66. The molecule has 0 radical (unpaired) electrons. The number of fused-ring (bicyclic) bond motifs is 1. The van der Waals surface area contributed by atoms with Gasteiger partial charge < -0.3 is 15.2 Å². The van der Waals surface area contributed by atoms with E-state index in [-0.39, 0.29) is 16.9 Å². The van der Waals surface area contributed by atoms with Crippen molar-refractivity contribution in [3.8, 4) is 11.4 Å². The van der Waals surface area contributed by atoms with Crippen molar-refractivity contribution in [3.05, 3.63) is 69.8 Å². The molecular formula is C25H27ClN6O3. The van der Waals surface area contributed by atoms with Crippen molar-refractivity contribution >= 4 is 34.1 Å². The van der Waals surface area contributed by atoms with Crippen LogP contribution in [0.3, 0.4) is 0 Å². The summed E-state index contributed by atoms with van der Waals surface area (Å²) in [5.41, 5.74) is 0.358. The summed E-state index contributed by atoms with van der Waals surface area (Å²) in [7, 11) is 0. The Morgan fingerprint density at radius 3 is 2.60 bits per heavy atom. The molecule has 4 aromatic rings. The lowest BCUT2D eigenvalue weighted by Gasteiger charge is -2.25. The summed E-state index contributed by atoms with van der Waals surface area (Å²) in [5.74, 6) is 1.56. The van der Waals surface area contributed by atoms with Crippen LogP contribution in [0.5, 0.6) is 0 Å². The Labute approximate surface area is 207 Å². The summed E-state index contributed by atoms with van der Waals surface area (Å²) in [6.07, 6.45) is 1.47. The van der Waals surface area contributed by atoms with Gasteiger partial charge in [-0.25, -0.2) is 5.10 Å². The number of amides is 1. The normalized spacial score (nSPS) is 11.5. The number of aromatic amines is 1. The number of carbonyl (C=O) groups is 1. The van der Waals surface area contributed by atoms with E-state index in [4.69, 9.17) is 16.1 Å². The number of aromatic nitrogens is 4. The minimum atomic E-state index is -0.242. The summed E-state index contributed by atoms with van der Waals surface area (Å²) in [5, 5.41) is 18.9. The van der Waals surface area contributed by atoms with E-state index >= 15 is 0 Å². The van der Waals surface area contributed by atoms with Gasteiger partial charge >= 0.3 is 0 Å². The molecule has 0 aliphatic carbocycles. The van der Waals surface area contributed by atoms with Crippen LogP contribution in [-0.2, 0) is 11.2 Å². The van der Waals surface area contributed by atoms with Crippen LogP contribution in [0.2, 0.25) is 5.02 Å². The number of benzene rings is 2. The average molecular weight is 495 g/mol. The zero-order valence-electron chi connectivity index (χ0n) is 19.6. The van der Waals surface area contributed by atoms with Crippen molar-refractivity contribution < 1.29 is 9.32 Å². The van der Waals surface area contributed by atoms with Crippen LogP contribution in [0.25, 0.3) is 22.2 Å². The third-order valence-electron chi connectivity index (χ3n) is 5.56. The monoisotopic (exact) mass is 494 g/mol. The molecule has 0 fully saturated rings. The molecular weight excluding hydrogens is 468 g/mol. The first kappa shape index (κ1) is 24.4. The summed E-state index contributed by atoms with van der Waals surface area (Å²) < 4.78 is 5.30. The Morgan fingerprint density at radius 2 is 1.83 bits per heavy atom. The fraction of sp³-hybridized carbons (Fsp3) is 0.320. The van der Waals surface area contributed by atoms with E-state index in [1.807, 2.05) is 44.2 Å². The van der Waals surface area contributed by atoms with Gasteiger partial charge in [0.2, 0.25) is 17.6 Å². The van der Waals surface area contributed by atoms with Gasteiger partial charge in [-0.05, 0) is 42.2 Å². The van der Waals surface area contributed by atoms with E-state index in [1.165, 1.54) is 0 Å². The number of anilines is 1. The topological polar surface area (TPSA) is 126 Å². The van der Waals surface area contributed by atoms with Gasteiger partial charge in [-0.2, -0.15) is 10.1 Å². The van der Waals surface area contributed by atoms with E-state index in [2.05, 4.69) is 31.0 Å². The predicted molar refractivity (Wildman–Crippen MR) is 135 cm³/mol. The SMILES string of the molecule is CC(C)(CNC(=O)CCCc1nc(-c2ccc(Cl)cc2)no1)CNc1n[nH]c(=O)c2ccccc12. The molecule has 4 rings (SSSR count). The van der Waals surface area contributed by atoms with E-state index in [9.17, 15) is 9.59 Å². The standard InChI is InChI=1S/C25H27ClN6O3/c1-25(2,15-28-23-18-6-3-4-7-19(18)24(34)31-30-23)14-27-20(33)8-5-9-21-29-22(32-35-21)16-10-12-17(26)13-11-16/h3-4,6-7,10-13H,5,8-9,14-15H2,1-2H3,(H,27,33)(H,28,30)(H,31,34). The molecule has 0 saturated heterocycles. The summed E-state index contributed by atoms with van der Waals surface area (Å²) in [4.78, 5) is 28.7. The lowest BCUT2D eigenvalue weighted by Crippen LogP contribution is -2.38. The van der Waals surface area contributed by atoms with Gasteiger partial charge in [-0.1, -0.05) is 48.8 Å². The number of nitrogens with one attached hydrogen (secondary N) is 3. The van der Waals surface area contributed by atoms with Gasteiger partial charge in [0.05, 0.1) is 5.39 Å². The second-order valence-corrected chi connectivity index (χ2v) is 9.55. The van der Waals surface area contributed by atoms with Gasteiger partial charge in [-0.15, -0.1) is 0 Å². The molecule has 10 heteroatoms. The average Bonchev–Trinajstić information content (AvgIpc) is 3.32. The number of H-pyrrole nitrogens is 1. The lowest BCUT2D eigenvalue weighted by atomic mass is 9.93. The Hall–Kier alpha value is -3.72. The molecule has 2 aromatic carbocycles. The van der Waals surface area contributed by atoms with Gasteiger partial charge in [0.15, 0.2) is 5.82 Å². The maximum Gasteiger partial charge on any atom is 0.272 e. The van der Waals surface area contributed by atoms with Crippen LogP contribution < -0.4 is 16.2 Å². The second-order valence-electron chi connectivity index (χ2n) is 9.11.